The fourth-order valence-electron chi connectivity index (χ4n) is 4.84. The number of carbonyl (C=O) groups is 1. The van der Waals surface area contributed by atoms with Gasteiger partial charge in [0.2, 0.25) is 0 Å². The van der Waals surface area contributed by atoms with E-state index in [2.05, 4.69) is 69.9 Å². The van der Waals surface area contributed by atoms with Crippen molar-refractivity contribution in [3.8, 4) is 11.5 Å². The minimum Gasteiger partial charge on any atom is -0.494 e. The van der Waals surface area contributed by atoms with Gasteiger partial charge >= 0.3 is 0 Å². The number of fused-ring (bicyclic) bond motifs is 1. The molecule has 0 bridgehead atoms. The van der Waals surface area contributed by atoms with Crippen molar-refractivity contribution in [1.82, 2.24) is 4.90 Å². The molecule has 1 fully saturated rings. The van der Waals surface area contributed by atoms with Crippen LogP contribution in [0.2, 0.25) is 0 Å². The third-order valence-corrected chi connectivity index (χ3v) is 7.09. The van der Waals surface area contributed by atoms with Gasteiger partial charge in [0.1, 0.15) is 30.6 Å². The molecule has 40 heavy (non-hydrogen) atoms. The molecule has 10 heteroatoms. The van der Waals surface area contributed by atoms with E-state index in [0.717, 1.165) is 48.9 Å². The molecule has 2 heterocycles. The topological polar surface area (TPSA) is 90.8 Å². The van der Waals surface area contributed by atoms with Crippen molar-refractivity contribution < 1.29 is 14.3 Å². The second-order valence-electron chi connectivity index (χ2n) is 9.49. The van der Waals surface area contributed by atoms with Gasteiger partial charge in [-0.1, -0.05) is 36.4 Å². The van der Waals surface area contributed by atoms with E-state index < -0.39 is 0 Å². The van der Waals surface area contributed by atoms with E-state index in [0.29, 0.717) is 23.7 Å². The Morgan fingerprint density at radius 2 is 1.95 bits per heavy atom. The number of nitrogens with zero attached hydrogens (tertiary/aromatic N) is 4. The van der Waals surface area contributed by atoms with Gasteiger partial charge in [-0.25, -0.2) is 0 Å². The van der Waals surface area contributed by atoms with Crippen LogP contribution in [0.1, 0.15) is 17.9 Å². The van der Waals surface area contributed by atoms with E-state index in [-0.39, 0.29) is 12.0 Å². The summed E-state index contributed by atoms with van der Waals surface area (Å²) in [6.45, 7) is 9.94. The highest BCUT2D eigenvalue weighted by Crippen LogP contribution is 2.41. The van der Waals surface area contributed by atoms with Crippen LogP contribution < -0.4 is 25.0 Å². The molecule has 2 aliphatic heterocycles. The number of likely N-dealkylation sites (N-methyl/N-ethyl adjacent to an activating group) is 2. The number of hydrogen-bond donors (Lipinski definition) is 2. The second-order valence-corrected chi connectivity index (χ2v) is 9.90. The van der Waals surface area contributed by atoms with E-state index in [4.69, 9.17) is 25.9 Å². The zero-order chi connectivity index (χ0) is 29.1. The van der Waals surface area contributed by atoms with Crippen LogP contribution in [-0.2, 0) is 4.79 Å². The Morgan fingerprint density at radius 3 is 2.58 bits per heavy atom. The molecule has 9 nitrogen and oxygen atoms in total. The molecule has 214 valence electrons. The van der Waals surface area contributed by atoms with Crippen molar-refractivity contribution in [3.63, 3.8) is 0 Å². The van der Waals surface area contributed by atoms with Gasteiger partial charge in [-0.15, -0.1) is 0 Å². The molecule has 2 N–H and O–H groups in total. The smallest absolute Gasteiger partial charge is 0.146 e. The molecule has 0 saturated carbocycles. The van der Waals surface area contributed by atoms with Gasteiger partial charge < -0.3 is 29.9 Å². The van der Waals surface area contributed by atoms with Crippen LogP contribution in [-0.4, -0.2) is 84.8 Å². The summed E-state index contributed by atoms with van der Waals surface area (Å²) in [4.78, 5) is 22.3. The highest BCUT2D eigenvalue weighted by molar-refractivity contribution is 6.39. The van der Waals surface area contributed by atoms with Gasteiger partial charge in [-0.3, -0.25) is 14.8 Å². The number of anilines is 3. The van der Waals surface area contributed by atoms with E-state index >= 15 is 0 Å². The molecule has 2 unspecified atom stereocenters. The molecule has 0 amide bonds. The molecular weight excluding hydrogens is 528 g/mol. The van der Waals surface area contributed by atoms with Crippen molar-refractivity contribution in [2.24, 2.45) is 9.98 Å². The Hall–Kier alpha value is -3.82. The normalized spacial score (nSPS) is 18.8. The maximum Gasteiger partial charge on any atom is 0.146 e. The van der Waals surface area contributed by atoms with Crippen molar-refractivity contribution in [3.05, 3.63) is 65.3 Å². The van der Waals surface area contributed by atoms with Crippen molar-refractivity contribution in [2.75, 3.05) is 70.1 Å². The first kappa shape index (κ1) is 30.7. The Kier molecular flexibility index (Phi) is 11.6. The van der Waals surface area contributed by atoms with Crippen molar-refractivity contribution >= 4 is 47.9 Å². The highest BCUT2D eigenvalue weighted by atomic mass is 35.5. The number of ether oxygens (including phenoxy) is 2. The number of hydrogen-bond acceptors (Lipinski definition) is 9. The number of benzene rings is 2. The number of nitrogens with one attached hydrogen (secondary N) is 2. The molecule has 2 aliphatic rings. The molecular formula is C30H39ClN6O3. The molecule has 4 rings (SSSR count). The Morgan fingerprint density at radius 1 is 1.20 bits per heavy atom. The van der Waals surface area contributed by atoms with E-state index in [1.165, 1.54) is 17.3 Å². The third-order valence-electron chi connectivity index (χ3n) is 6.80. The molecule has 2 atom stereocenters. The van der Waals surface area contributed by atoms with Crippen LogP contribution >= 0.6 is 11.6 Å². The predicted molar refractivity (Wildman–Crippen MR) is 167 cm³/mol. The lowest BCUT2D eigenvalue weighted by Gasteiger charge is -2.19. The van der Waals surface area contributed by atoms with E-state index in [1.807, 2.05) is 31.3 Å². The van der Waals surface area contributed by atoms with Gasteiger partial charge in [0.25, 0.3) is 0 Å². The number of allylic oxidation sites excluding steroid dienone is 2. The van der Waals surface area contributed by atoms with Crippen LogP contribution in [0.5, 0.6) is 11.5 Å². The number of halogens is 1. The number of aldehydes is 1. The molecule has 0 radical (unpaired) electrons. The summed E-state index contributed by atoms with van der Waals surface area (Å²) in [5, 5.41) is 7.01. The quantitative estimate of drug-likeness (QED) is 0.224. The summed E-state index contributed by atoms with van der Waals surface area (Å²) < 4.78 is 11.9. The number of rotatable bonds is 11. The lowest BCUT2D eigenvalue weighted by atomic mass is 9.98. The number of methoxy groups -OCH3 is 1. The minimum atomic E-state index is 0.0566. The van der Waals surface area contributed by atoms with E-state index in [1.54, 1.807) is 13.3 Å². The molecule has 1 saturated heterocycles. The first-order valence-electron chi connectivity index (χ1n) is 13.1. The van der Waals surface area contributed by atoms with Crippen molar-refractivity contribution in [1.29, 1.82) is 0 Å². The maximum absolute atomic E-state index is 9.06. The average Bonchev–Trinajstić information content (AvgIpc) is 3.54. The van der Waals surface area contributed by atoms with Crippen LogP contribution in [0.4, 0.5) is 17.1 Å². The number of carbonyl (C=O) groups excluding carboxylic acids is 1. The van der Waals surface area contributed by atoms with Gasteiger partial charge in [0.05, 0.1) is 29.2 Å². The Labute approximate surface area is 242 Å². The summed E-state index contributed by atoms with van der Waals surface area (Å²) in [7, 11) is 7.70. The Balaban J connectivity index is 0.00000103. The summed E-state index contributed by atoms with van der Waals surface area (Å²) >= 11 is 6.64. The zero-order valence-electron chi connectivity index (χ0n) is 23.7. The first-order chi connectivity index (χ1) is 19.4. The van der Waals surface area contributed by atoms with Crippen molar-refractivity contribution in [2.45, 2.75) is 18.4 Å². The number of para-hydroxylation sites is 1. The number of aliphatic imine (C=N–C) groups is 2. The predicted octanol–water partition coefficient (Wildman–Crippen LogP) is 5.02. The fourth-order valence-corrected chi connectivity index (χ4v) is 5.10. The molecule has 0 aromatic heterocycles. The van der Waals surface area contributed by atoms with Crippen LogP contribution in [0.25, 0.3) is 0 Å². The van der Waals surface area contributed by atoms with Gasteiger partial charge in [0.15, 0.2) is 0 Å². The third kappa shape index (κ3) is 7.64. The van der Waals surface area contributed by atoms with Crippen LogP contribution in [0, 0.1) is 0 Å². The fraction of sp³-hybridized carbons (Fsp3) is 0.367. The van der Waals surface area contributed by atoms with Gasteiger partial charge in [-0.05, 0) is 44.0 Å². The molecule has 0 aliphatic carbocycles. The molecule has 0 spiro atoms. The Bertz CT molecular complexity index is 1240. The van der Waals surface area contributed by atoms with Gasteiger partial charge in [0, 0.05) is 57.6 Å². The number of likely N-dealkylation sites (tertiary alicyclic amines) is 1. The molecule has 2 aromatic carbocycles. The lowest BCUT2D eigenvalue weighted by Crippen LogP contribution is -2.21. The largest absolute Gasteiger partial charge is 0.494 e. The summed E-state index contributed by atoms with van der Waals surface area (Å²) in [6, 6.07) is 12.2. The standard InChI is InChI=1S/C27H35ClN6O2.C3H4O/c1-29-22-12-23(25(35-5)13-26(22)36-18-10-11-33(3)15-18)32-17-31-14-21(28)27(30-2)20-16-34(4)24-9-7-6-8-19(20)24;1-2-3-4/h6-9,12-14,18,20,29,32H,2,10-11,15-17H2,1,3-5H3;2-3H,1H2/b27-21+,31-14-;. The highest BCUT2D eigenvalue weighted by Gasteiger charge is 2.30. The van der Waals surface area contributed by atoms with Crippen LogP contribution in [0.3, 0.4) is 0 Å². The monoisotopic (exact) mass is 566 g/mol. The first-order valence-corrected chi connectivity index (χ1v) is 13.5. The lowest BCUT2D eigenvalue weighted by molar-refractivity contribution is -0.104. The van der Waals surface area contributed by atoms with Gasteiger partial charge in [-0.2, -0.15) is 0 Å². The maximum atomic E-state index is 9.06. The summed E-state index contributed by atoms with van der Waals surface area (Å²) in [5.41, 5.74) is 4.81. The average molecular weight is 567 g/mol. The van der Waals surface area contributed by atoms with Crippen LogP contribution in [0.15, 0.2) is 69.8 Å². The zero-order valence-corrected chi connectivity index (χ0v) is 24.4. The molecule has 2 aromatic rings. The van der Waals surface area contributed by atoms with E-state index in [9.17, 15) is 0 Å². The summed E-state index contributed by atoms with van der Waals surface area (Å²) in [5.74, 6) is 1.52. The second kappa shape index (κ2) is 15.1. The minimum absolute atomic E-state index is 0.0566. The SMILES string of the molecule is C=CC=O.C=N/C(=C(Cl)\C=N/CNc1cc(NC)c(OC2CCN(C)C2)cc1OC)C1CN(C)c2ccccc21. The summed E-state index contributed by atoms with van der Waals surface area (Å²) in [6.07, 6.45) is 4.65.